The second-order valence-corrected chi connectivity index (χ2v) is 12.0. The van der Waals surface area contributed by atoms with Crippen molar-refractivity contribution in [1.29, 1.82) is 0 Å². The van der Waals surface area contributed by atoms with Gasteiger partial charge < -0.3 is 4.42 Å². The van der Waals surface area contributed by atoms with Gasteiger partial charge in [-0.1, -0.05) is 158 Å². The van der Waals surface area contributed by atoms with Crippen LogP contribution in [0.2, 0.25) is 0 Å². The summed E-state index contributed by atoms with van der Waals surface area (Å²) in [4.78, 5) is 0. The molecule has 0 saturated carbocycles. The first-order valence-corrected chi connectivity index (χ1v) is 15.9. The predicted octanol–water partition coefficient (Wildman–Crippen LogP) is 13.7. The number of benzene rings is 9. The van der Waals surface area contributed by atoms with Gasteiger partial charge in [-0.05, 0) is 101 Å². The van der Waals surface area contributed by atoms with E-state index in [1.807, 2.05) is 60.7 Å². The average Bonchev–Trinajstić information content (AvgIpc) is 3.68. The Balaban J connectivity index is 1.26. The van der Waals surface area contributed by atoms with Gasteiger partial charge in [-0.2, -0.15) is 0 Å². The molecular formula is C48H30O. The molecule has 1 aromatic heterocycles. The molecule has 1 nitrogen and oxygen atoms in total. The van der Waals surface area contributed by atoms with Gasteiger partial charge in [0, 0.05) is 10.8 Å². The van der Waals surface area contributed by atoms with E-state index in [1.54, 1.807) is 0 Å². The maximum Gasteiger partial charge on any atom is 0.136 e. The lowest BCUT2D eigenvalue weighted by Crippen LogP contribution is -1.91. The zero-order valence-electron chi connectivity index (χ0n) is 36.9. The van der Waals surface area contributed by atoms with Crippen LogP contribution >= 0.6 is 0 Å². The van der Waals surface area contributed by atoms with Gasteiger partial charge in [-0.15, -0.1) is 0 Å². The van der Waals surface area contributed by atoms with Crippen LogP contribution in [0.25, 0.3) is 98.8 Å². The number of hydrogen-bond donors (Lipinski definition) is 0. The Labute approximate surface area is 299 Å². The third kappa shape index (κ3) is 4.47. The smallest absolute Gasteiger partial charge is 0.136 e. The Hall–Kier alpha value is -6.44. The summed E-state index contributed by atoms with van der Waals surface area (Å²) in [6.07, 6.45) is 0. The Morgan fingerprint density at radius 3 is 1.76 bits per heavy atom. The second kappa shape index (κ2) is 11.1. The molecule has 228 valence electrons. The van der Waals surface area contributed by atoms with Crippen molar-refractivity contribution < 1.29 is 19.5 Å². The first-order chi connectivity index (χ1) is 28.9. The van der Waals surface area contributed by atoms with Crippen LogP contribution in [0.5, 0.6) is 0 Å². The Morgan fingerprint density at radius 2 is 1.02 bits per heavy atom. The normalized spacial score (nSPS) is 14.8. The van der Waals surface area contributed by atoms with Crippen molar-refractivity contribution in [3.63, 3.8) is 0 Å². The SMILES string of the molecule is [2H]c1c([2H])c([2H])c(-c2c([2H])c([2H])c3c(oc4c([2H])c([2H])c([2H])c(-c5c6ccccc6c(-c6ccc(-c7ccc8ccccc8c7)cc6)c6ccccc56)c43)c2[2H])c([2H])c1[2H]. The summed E-state index contributed by atoms with van der Waals surface area (Å²) in [5.41, 5.74) is 3.57. The molecule has 9 aromatic carbocycles. The van der Waals surface area contributed by atoms with E-state index in [4.69, 9.17) is 15.4 Å². The molecule has 0 spiro atoms. The van der Waals surface area contributed by atoms with Crippen LogP contribution in [0.1, 0.15) is 15.1 Å². The zero-order chi connectivity index (χ0) is 41.9. The molecule has 0 radical (unpaired) electrons. The van der Waals surface area contributed by atoms with Crippen LogP contribution in [0.4, 0.5) is 0 Å². The zero-order valence-corrected chi connectivity index (χ0v) is 25.9. The molecule has 0 amide bonds. The minimum atomic E-state index is -0.655. The van der Waals surface area contributed by atoms with E-state index >= 15 is 0 Å². The molecule has 0 unspecified atom stereocenters. The van der Waals surface area contributed by atoms with Crippen LogP contribution in [0.3, 0.4) is 0 Å². The second-order valence-electron chi connectivity index (χ2n) is 12.0. The molecule has 1 heteroatoms. The maximum absolute atomic E-state index is 9.46. The average molecular weight is 634 g/mol. The third-order valence-electron chi connectivity index (χ3n) is 9.26. The van der Waals surface area contributed by atoms with Crippen molar-refractivity contribution in [3.8, 4) is 44.5 Å². The molecule has 0 N–H and O–H groups in total. The van der Waals surface area contributed by atoms with Gasteiger partial charge in [0.2, 0.25) is 0 Å². The van der Waals surface area contributed by atoms with Gasteiger partial charge >= 0.3 is 0 Å². The summed E-state index contributed by atoms with van der Waals surface area (Å²) >= 11 is 0. The van der Waals surface area contributed by atoms with Crippen molar-refractivity contribution in [2.45, 2.75) is 0 Å². The summed E-state index contributed by atoms with van der Waals surface area (Å²) in [7, 11) is 0. The lowest BCUT2D eigenvalue weighted by atomic mass is 9.84. The van der Waals surface area contributed by atoms with E-state index < -0.39 is 66.0 Å². The van der Waals surface area contributed by atoms with Gasteiger partial charge in [-0.3, -0.25) is 0 Å². The molecule has 0 bridgehead atoms. The minimum Gasteiger partial charge on any atom is -0.456 e. The molecule has 0 aliphatic heterocycles. The van der Waals surface area contributed by atoms with E-state index in [0.717, 1.165) is 49.2 Å². The molecule has 1 heterocycles. The van der Waals surface area contributed by atoms with E-state index in [0.29, 0.717) is 5.56 Å². The largest absolute Gasteiger partial charge is 0.456 e. The summed E-state index contributed by atoms with van der Waals surface area (Å²) in [5, 5.41) is 5.54. The molecule has 0 saturated heterocycles. The molecule has 0 aliphatic carbocycles. The lowest BCUT2D eigenvalue weighted by molar-refractivity contribution is 0.669. The Bertz CT molecular complexity index is 3410. The lowest BCUT2D eigenvalue weighted by Gasteiger charge is -2.18. The van der Waals surface area contributed by atoms with Crippen molar-refractivity contribution >= 4 is 54.3 Å². The standard InChI is InChI=1S/C48H30O/c1-2-11-31(12-3-1)37-27-28-42-45(30-37)49-44-20-10-19-43(48(42)44)47-40-17-8-6-15-38(40)46(39-16-7-9-18-41(39)47)34-24-21-33(22-25-34)36-26-23-32-13-4-5-14-35(32)29-36/h1-30H/i1D,2D,3D,10D,11D,12D,19D,20D,27D,28D,30D. The van der Waals surface area contributed by atoms with Crippen LogP contribution in [-0.4, -0.2) is 0 Å². The van der Waals surface area contributed by atoms with Gasteiger partial charge in [0.05, 0.1) is 15.1 Å². The molecule has 0 fully saturated rings. The summed E-state index contributed by atoms with van der Waals surface area (Å²) in [6.45, 7) is 0. The van der Waals surface area contributed by atoms with Crippen LogP contribution in [0.15, 0.2) is 186 Å². The van der Waals surface area contributed by atoms with Gasteiger partial charge in [0.25, 0.3) is 0 Å². The van der Waals surface area contributed by atoms with Crippen molar-refractivity contribution in [2.75, 3.05) is 0 Å². The third-order valence-corrected chi connectivity index (χ3v) is 9.26. The van der Waals surface area contributed by atoms with Gasteiger partial charge in [0.15, 0.2) is 0 Å². The van der Waals surface area contributed by atoms with Crippen molar-refractivity contribution in [1.82, 2.24) is 0 Å². The highest BCUT2D eigenvalue weighted by Crippen LogP contribution is 2.47. The molecule has 49 heavy (non-hydrogen) atoms. The fourth-order valence-corrected chi connectivity index (χ4v) is 7.04. The van der Waals surface area contributed by atoms with Gasteiger partial charge in [-0.25, -0.2) is 0 Å². The first-order valence-electron chi connectivity index (χ1n) is 21.4. The maximum atomic E-state index is 9.46. The number of hydrogen-bond acceptors (Lipinski definition) is 1. The molecular weight excluding hydrogens is 593 g/mol. The Morgan fingerprint density at radius 1 is 0.388 bits per heavy atom. The topological polar surface area (TPSA) is 13.1 Å². The minimum absolute atomic E-state index is 0.0466. The van der Waals surface area contributed by atoms with Gasteiger partial charge in [0.1, 0.15) is 11.2 Å². The fraction of sp³-hybridized carbons (Fsp3) is 0. The van der Waals surface area contributed by atoms with Crippen LogP contribution in [0, 0.1) is 0 Å². The monoisotopic (exact) mass is 633 g/mol. The van der Waals surface area contributed by atoms with E-state index in [9.17, 15) is 4.11 Å². The number of fused-ring (bicyclic) bond motifs is 6. The fourth-order valence-electron chi connectivity index (χ4n) is 7.04. The summed E-state index contributed by atoms with van der Waals surface area (Å²) < 4.78 is 103. The highest BCUT2D eigenvalue weighted by Gasteiger charge is 2.20. The Kier molecular flexibility index (Phi) is 4.25. The van der Waals surface area contributed by atoms with E-state index in [-0.39, 0.29) is 39.1 Å². The molecule has 10 rings (SSSR count). The molecule has 10 aromatic rings. The highest BCUT2D eigenvalue weighted by molar-refractivity contribution is 6.25. The van der Waals surface area contributed by atoms with Crippen molar-refractivity contribution in [2.24, 2.45) is 0 Å². The predicted molar refractivity (Wildman–Crippen MR) is 208 cm³/mol. The van der Waals surface area contributed by atoms with E-state index in [2.05, 4.69) is 54.6 Å². The van der Waals surface area contributed by atoms with Crippen LogP contribution in [-0.2, 0) is 0 Å². The number of furan rings is 1. The molecule has 0 aliphatic rings. The highest BCUT2D eigenvalue weighted by atomic mass is 16.3. The van der Waals surface area contributed by atoms with Crippen LogP contribution < -0.4 is 0 Å². The summed E-state index contributed by atoms with van der Waals surface area (Å²) in [6, 6.07) is 32.6. The molecule has 0 atom stereocenters. The number of rotatable bonds is 4. The first kappa shape index (κ1) is 18.8. The quantitative estimate of drug-likeness (QED) is 0.176. The summed E-state index contributed by atoms with van der Waals surface area (Å²) in [5.74, 6) is 0. The van der Waals surface area contributed by atoms with Crippen molar-refractivity contribution in [3.05, 3.63) is 182 Å². The van der Waals surface area contributed by atoms with E-state index in [1.165, 1.54) is 5.39 Å².